The molecule has 0 saturated carbocycles. The first kappa shape index (κ1) is 23.4. The minimum absolute atomic E-state index is 0.201. The maximum atomic E-state index is 14.3. The van der Waals surface area contributed by atoms with E-state index in [1.165, 1.54) is 0 Å². The summed E-state index contributed by atoms with van der Waals surface area (Å²) in [5, 5.41) is 0. The quantitative estimate of drug-likeness (QED) is 0.298. The van der Waals surface area contributed by atoms with Crippen LogP contribution in [0.2, 0.25) is 0 Å². The summed E-state index contributed by atoms with van der Waals surface area (Å²) in [5.74, 6) is 0.719. The third kappa shape index (κ3) is 6.88. The van der Waals surface area contributed by atoms with Gasteiger partial charge in [-0.25, -0.2) is 9.34 Å². The smallest absolute Gasteiger partial charge is 0.303 e. The van der Waals surface area contributed by atoms with Crippen LogP contribution in [0.1, 0.15) is 25.0 Å². The van der Waals surface area contributed by atoms with E-state index in [-0.39, 0.29) is 6.10 Å². The number of halogens is 2. The Hall–Kier alpha value is -0.870. The molecule has 7 heteroatoms. The van der Waals surface area contributed by atoms with E-state index >= 15 is 0 Å². The van der Waals surface area contributed by atoms with E-state index in [1.54, 1.807) is 0 Å². The number of nitrogens with zero attached hydrogens (tertiary/aromatic N) is 2. The minimum atomic E-state index is -3.36. The molecule has 0 heterocycles. The lowest BCUT2D eigenvalue weighted by atomic mass is 10.2. The molecule has 2 rings (SSSR count). The van der Waals surface area contributed by atoms with E-state index in [4.69, 9.17) is 27.7 Å². The molecule has 0 aliphatic heterocycles. The van der Waals surface area contributed by atoms with E-state index < -0.39 is 7.67 Å². The van der Waals surface area contributed by atoms with Crippen LogP contribution in [0.25, 0.3) is 0 Å². The molecule has 0 saturated heterocycles. The van der Waals surface area contributed by atoms with Gasteiger partial charge in [0.15, 0.2) is 0 Å². The molecule has 2 aromatic rings. The van der Waals surface area contributed by atoms with Gasteiger partial charge in [0.1, 0.15) is 0 Å². The standard InChI is InChI=1S/C21H29Cl2N2O2P/c1-19(2)27-28(26,24(15-13-22)17-20-9-5-3-6-10-20)25(16-14-23)18-21-11-7-4-8-12-21/h3-12,19H,13-18H2,1-2H3. The normalized spacial score (nSPS) is 12.2. The summed E-state index contributed by atoms with van der Waals surface area (Å²) in [6, 6.07) is 19.9. The van der Waals surface area contributed by atoms with Crippen molar-refractivity contribution in [3.05, 3.63) is 71.8 Å². The van der Waals surface area contributed by atoms with Gasteiger partial charge < -0.3 is 4.52 Å². The molecule has 0 N–H and O–H groups in total. The van der Waals surface area contributed by atoms with E-state index in [0.717, 1.165) is 11.1 Å². The average molecular weight is 443 g/mol. The van der Waals surface area contributed by atoms with Gasteiger partial charge in [-0.1, -0.05) is 60.7 Å². The molecule has 0 unspecified atom stereocenters. The molecule has 0 atom stereocenters. The van der Waals surface area contributed by atoms with Crippen LogP contribution >= 0.6 is 30.9 Å². The Balaban J connectivity index is 2.39. The molecule has 2 aromatic carbocycles. The second-order valence-electron chi connectivity index (χ2n) is 6.77. The number of hydrogen-bond acceptors (Lipinski definition) is 2. The summed E-state index contributed by atoms with van der Waals surface area (Å²) < 4.78 is 24.2. The molecule has 154 valence electrons. The lowest BCUT2D eigenvalue weighted by molar-refractivity contribution is 0.166. The number of benzene rings is 2. The highest BCUT2D eigenvalue weighted by Gasteiger charge is 2.39. The maximum absolute atomic E-state index is 14.3. The lowest BCUT2D eigenvalue weighted by Gasteiger charge is -2.39. The van der Waals surface area contributed by atoms with Crippen molar-refractivity contribution >= 4 is 30.9 Å². The van der Waals surface area contributed by atoms with Gasteiger partial charge in [0.05, 0.1) is 6.10 Å². The number of alkyl halides is 2. The molecule has 0 aliphatic rings. The summed E-state index contributed by atoms with van der Waals surface area (Å²) in [6.45, 7) is 5.68. The summed E-state index contributed by atoms with van der Waals surface area (Å²) in [7, 11) is -3.36. The van der Waals surface area contributed by atoms with Crippen LogP contribution < -0.4 is 0 Å². The fraction of sp³-hybridized carbons (Fsp3) is 0.429. The molecule has 0 spiro atoms. The Kier molecular flexibility index (Phi) is 10.0. The Morgan fingerprint density at radius 1 is 0.821 bits per heavy atom. The van der Waals surface area contributed by atoms with Gasteiger partial charge in [-0.05, 0) is 25.0 Å². The molecule has 0 fully saturated rings. The number of rotatable bonds is 12. The Morgan fingerprint density at radius 2 is 1.21 bits per heavy atom. The highest BCUT2D eigenvalue weighted by molar-refractivity contribution is 7.53. The first-order valence-corrected chi connectivity index (χ1v) is 12.1. The number of hydrogen-bond donors (Lipinski definition) is 0. The fourth-order valence-corrected chi connectivity index (χ4v) is 6.17. The van der Waals surface area contributed by atoms with E-state index in [0.29, 0.717) is 37.9 Å². The van der Waals surface area contributed by atoms with Crippen LogP contribution in [0.15, 0.2) is 60.7 Å². The van der Waals surface area contributed by atoms with Crippen molar-refractivity contribution in [2.45, 2.75) is 33.0 Å². The third-order valence-electron chi connectivity index (χ3n) is 4.16. The molecule has 0 amide bonds. The van der Waals surface area contributed by atoms with Crippen LogP contribution in [-0.2, 0) is 22.2 Å². The van der Waals surface area contributed by atoms with Crippen molar-refractivity contribution in [3.8, 4) is 0 Å². The van der Waals surface area contributed by atoms with Gasteiger partial charge in [0.2, 0.25) is 0 Å². The van der Waals surface area contributed by atoms with Crippen molar-refractivity contribution in [3.63, 3.8) is 0 Å². The third-order valence-corrected chi connectivity index (χ3v) is 7.31. The molecular formula is C21H29Cl2N2O2P. The maximum Gasteiger partial charge on any atom is 0.346 e. The SMILES string of the molecule is CC(C)OP(=O)(N(CCCl)Cc1ccccc1)N(CCCl)Cc1ccccc1. The Labute approximate surface area is 179 Å². The molecule has 0 radical (unpaired) electrons. The van der Waals surface area contributed by atoms with Gasteiger partial charge in [-0.2, -0.15) is 0 Å². The lowest BCUT2D eigenvalue weighted by Crippen LogP contribution is -2.36. The van der Waals surface area contributed by atoms with Crippen LogP contribution in [0, 0.1) is 0 Å². The van der Waals surface area contributed by atoms with Crippen molar-refractivity contribution < 1.29 is 9.09 Å². The van der Waals surface area contributed by atoms with Gasteiger partial charge in [-0.3, -0.25) is 4.57 Å². The zero-order valence-electron chi connectivity index (χ0n) is 16.5. The molecule has 4 nitrogen and oxygen atoms in total. The Bertz CT molecular complexity index is 676. The monoisotopic (exact) mass is 442 g/mol. The second kappa shape index (κ2) is 12.0. The predicted octanol–water partition coefficient (Wildman–Crippen LogP) is 6.00. The summed E-state index contributed by atoms with van der Waals surface area (Å²) >= 11 is 12.2. The van der Waals surface area contributed by atoms with Crippen LogP contribution in [0.4, 0.5) is 0 Å². The van der Waals surface area contributed by atoms with Crippen molar-refractivity contribution in [2.75, 3.05) is 24.8 Å². The fourth-order valence-electron chi connectivity index (χ4n) is 2.96. The molecular weight excluding hydrogens is 414 g/mol. The van der Waals surface area contributed by atoms with Crippen LogP contribution in [0.3, 0.4) is 0 Å². The van der Waals surface area contributed by atoms with Crippen molar-refractivity contribution in [1.82, 2.24) is 9.34 Å². The van der Waals surface area contributed by atoms with Crippen molar-refractivity contribution in [2.24, 2.45) is 0 Å². The highest BCUT2D eigenvalue weighted by atomic mass is 35.5. The molecule has 0 aliphatic carbocycles. The van der Waals surface area contributed by atoms with Gasteiger partial charge in [-0.15, -0.1) is 23.2 Å². The second-order valence-corrected chi connectivity index (χ2v) is 9.85. The van der Waals surface area contributed by atoms with Gasteiger partial charge in [0, 0.05) is 37.9 Å². The summed E-state index contributed by atoms with van der Waals surface area (Å²) in [6.07, 6.45) is -0.201. The van der Waals surface area contributed by atoms with E-state index in [9.17, 15) is 4.57 Å². The summed E-state index contributed by atoms with van der Waals surface area (Å²) in [4.78, 5) is 0. The molecule has 0 bridgehead atoms. The first-order valence-electron chi connectivity index (χ1n) is 9.48. The van der Waals surface area contributed by atoms with Crippen molar-refractivity contribution in [1.29, 1.82) is 0 Å². The van der Waals surface area contributed by atoms with E-state index in [2.05, 4.69) is 0 Å². The largest absolute Gasteiger partial charge is 0.346 e. The predicted molar refractivity (Wildman–Crippen MR) is 119 cm³/mol. The highest BCUT2D eigenvalue weighted by Crippen LogP contribution is 2.56. The Morgan fingerprint density at radius 3 is 1.54 bits per heavy atom. The van der Waals surface area contributed by atoms with Crippen LogP contribution in [-0.4, -0.2) is 40.3 Å². The molecule has 28 heavy (non-hydrogen) atoms. The van der Waals surface area contributed by atoms with E-state index in [1.807, 2.05) is 83.9 Å². The minimum Gasteiger partial charge on any atom is -0.303 e. The molecule has 0 aromatic heterocycles. The van der Waals surface area contributed by atoms with Gasteiger partial charge in [0.25, 0.3) is 0 Å². The first-order chi connectivity index (χ1) is 13.5. The van der Waals surface area contributed by atoms with Crippen LogP contribution in [0.5, 0.6) is 0 Å². The average Bonchev–Trinajstić information content (AvgIpc) is 2.68. The zero-order chi connectivity index (χ0) is 20.4. The zero-order valence-corrected chi connectivity index (χ0v) is 18.9. The summed E-state index contributed by atoms with van der Waals surface area (Å²) in [5.41, 5.74) is 2.12. The van der Waals surface area contributed by atoms with Gasteiger partial charge >= 0.3 is 7.67 Å². The topological polar surface area (TPSA) is 32.8 Å².